The van der Waals surface area contributed by atoms with Gasteiger partial charge in [-0.2, -0.15) is 0 Å². The highest BCUT2D eigenvalue weighted by Gasteiger charge is 2.48. The number of aromatic amines is 1. The average Bonchev–Trinajstić information content (AvgIpc) is 3.37. The van der Waals surface area contributed by atoms with Crippen molar-refractivity contribution >= 4 is 84.9 Å². The van der Waals surface area contributed by atoms with Crippen molar-refractivity contribution in [2.24, 2.45) is 5.73 Å². The molecule has 8 N–H and O–H groups in total. The van der Waals surface area contributed by atoms with E-state index in [1.54, 1.807) is 42.5 Å². The summed E-state index contributed by atoms with van der Waals surface area (Å²) in [5.41, 5.74) is 5.76. The number of carbonyl (C=O) groups is 7. The molecule has 1 fully saturated rings. The highest BCUT2D eigenvalue weighted by molar-refractivity contribution is 9.10. The van der Waals surface area contributed by atoms with Crippen molar-refractivity contribution in [3.8, 4) is 0 Å². The molecule has 1 aliphatic rings. The van der Waals surface area contributed by atoms with Gasteiger partial charge in [0.05, 0.1) is 35.1 Å². The standard InChI is InChI=1S/C51H64BrN7O16/c1-29(49(67)58-35(48(53)66)21-23-40(62)71-3)55-39(61)28-73-47-44(56-30(2)60)51(74-26-31-15-11-10-12-16-31)75-38(46(47)65)27-72-41(63)17-13-8-6-4-5-7-9-14-24-54-50(68)34-20-22-37(59(69)70)43-42(34)45(64)33-19-18-32(52)25-36(33)57-43/h10-12,15-16,18-20,22,25,29,35,38,44,46-47,51,65H,4-9,13-14,17,21,23-24,26-28H2,1-3H3,(H2,53,66)(H,54,68)(H,55,61)(H,56,60)(H,57,64)(H,58,67). The van der Waals surface area contributed by atoms with Gasteiger partial charge in [0.2, 0.25) is 23.6 Å². The fourth-order valence-corrected chi connectivity index (χ4v) is 8.75. The molecule has 1 saturated heterocycles. The number of methoxy groups -OCH3 is 1. The number of nitro groups is 1. The Morgan fingerprint density at radius 2 is 1.60 bits per heavy atom. The lowest BCUT2D eigenvalue weighted by Crippen LogP contribution is -2.65. The van der Waals surface area contributed by atoms with Gasteiger partial charge in [-0.1, -0.05) is 84.8 Å². The highest BCUT2D eigenvalue weighted by atomic mass is 79.9. The number of benzene rings is 3. The van der Waals surface area contributed by atoms with Crippen LogP contribution in [0.2, 0.25) is 0 Å². The Balaban J connectivity index is 1.05. The van der Waals surface area contributed by atoms with Crippen molar-refractivity contribution in [2.45, 2.75) is 134 Å². The van der Waals surface area contributed by atoms with Crippen LogP contribution in [-0.4, -0.2) is 126 Å². The Morgan fingerprint density at radius 1 is 0.907 bits per heavy atom. The number of amides is 5. The summed E-state index contributed by atoms with van der Waals surface area (Å²) < 4.78 is 28.8. The van der Waals surface area contributed by atoms with E-state index in [-0.39, 0.29) is 48.0 Å². The lowest BCUT2D eigenvalue weighted by atomic mass is 9.96. The van der Waals surface area contributed by atoms with Gasteiger partial charge in [0.15, 0.2) is 11.7 Å². The van der Waals surface area contributed by atoms with Gasteiger partial charge in [-0.05, 0) is 56.0 Å². The number of fused-ring (bicyclic) bond motifs is 2. The Bertz CT molecular complexity index is 2720. The number of ether oxygens (including phenoxy) is 5. The van der Waals surface area contributed by atoms with Crippen LogP contribution in [0.5, 0.6) is 0 Å². The number of H-pyrrole nitrogens is 1. The zero-order chi connectivity index (χ0) is 54.6. The summed E-state index contributed by atoms with van der Waals surface area (Å²) in [6.07, 6.45) is 0.726. The molecule has 2 heterocycles. The maximum Gasteiger partial charge on any atom is 0.305 e. The molecule has 7 atom stereocenters. The van der Waals surface area contributed by atoms with Crippen molar-refractivity contribution < 1.29 is 67.3 Å². The first kappa shape index (κ1) is 59.0. The SMILES string of the molecule is COC(=O)CCC(NC(=O)C(C)NC(=O)COC1C(O)C(COC(=O)CCCCCCCCCCNC(=O)c2ccc([N+](=O)[O-])c3[nH]c4cc(Br)ccc4c(=O)c23)OC(OCc2ccccc2)C1NC(C)=O)C(N)=O. The maximum absolute atomic E-state index is 13.5. The molecule has 24 heteroatoms. The molecule has 75 heavy (non-hydrogen) atoms. The number of non-ortho nitro benzene ring substituents is 1. The molecule has 0 saturated carbocycles. The predicted octanol–water partition coefficient (Wildman–Crippen LogP) is 3.76. The molecule has 406 valence electrons. The summed E-state index contributed by atoms with van der Waals surface area (Å²) in [6, 6.07) is 12.9. The van der Waals surface area contributed by atoms with E-state index >= 15 is 0 Å². The third-order valence-electron chi connectivity index (χ3n) is 12.3. The maximum atomic E-state index is 13.5. The topological polar surface area (TPSA) is 336 Å². The van der Waals surface area contributed by atoms with Crippen molar-refractivity contribution in [3.05, 3.63) is 96.6 Å². The number of halogens is 1. The number of nitrogens with zero attached hydrogens (tertiary/aromatic N) is 1. The Hall–Kier alpha value is -6.86. The average molecular weight is 1110 g/mol. The van der Waals surface area contributed by atoms with E-state index in [4.69, 9.17) is 24.7 Å². The number of nitro benzene ring substituents is 1. The minimum absolute atomic E-state index is 0.0131. The normalized spacial score (nSPS) is 18.1. The summed E-state index contributed by atoms with van der Waals surface area (Å²) in [5, 5.41) is 33.9. The van der Waals surface area contributed by atoms with Crippen LogP contribution in [0.3, 0.4) is 0 Å². The second-order valence-electron chi connectivity index (χ2n) is 18.0. The van der Waals surface area contributed by atoms with Crippen molar-refractivity contribution in [1.29, 1.82) is 0 Å². The molecule has 0 radical (unpaired) electrons. The van der Waals surface area contributed by atoms with Crippen LogP contribution >= 0.6 is 15.9 Å². The molecule has 5 amide bonds. The molecule has 23 nitrogen and oxygen atoms in total. The minimum atomic E-state index is -1.56. The van der Waals surface area contributed by atoms with Crippen LogP contribution in [0.15, 0.2) is 69.9 Å². The molecule has 5 rings (SSSR count). The van der Waals surface area contributed by atoms with Gasteiger partial charge in [0.25, 0.3) is 11.6 Å². The van der Waals surface area contributed by atoms with Gasteiger partial charge in [-0.15, -0.1) is 0 Å². The van der Waals surface area contributed by atoms with Crippen LogP contribution in [0.4, 0.5) is 5.69 Å². The number of carbonyl (C=O) groups excluding carboxylic acids is 7. The van der Waals surface area contributed by atoms with Crippen molar-refractivity contribution in [2.75, 3.05) is 26.9 Å². The molecule has 7 unspecified atom stereocenters. The van der Waals surface area contributed by atoms with Gasteiger partial charge in [0.1, 0.15) is 55.2 Å². The third-order valence-corrected chi connectivity index (χ3v) is 12.8. The first-order chi connectivity index (χ1) is 35.9. The molecule has 4 aromatic rings. The largest absolute Gasteiger partial charge is 0.469 e. The zero-order valence-electron chi connectivity index (χ0n) is 41.9. The number of aliphatic hydroxyl groups excluding tert-OH is 1. The quantitative estimate of drug-likeness (QED) is 0.0134. The van der Waals surface area contributed by atoms with Crippen LogP contribution in [0, 0.1) is 10.1 Å². The molecular weight excluding hydrogens is 1050 g/mol. The number of nitrogens with one attached hydrogen (secondary N) is 5. The number of aromatic nitrogens is 1. The number of primary amides is 1. The third kappa shape index (κ3) is 17.6. The van der Waals surface area contributed by atoms with E-state index in [2.05, 4.69) is 46.9 Å². The molecular formula is C51H64BrN7O16. The predicted molar refractivity (Wildman–Crippen MR) is 274 cm³/mol. The lowest BCUT2D eigenvalue weighted by molar-refractivity contribution is -0.383. The van der Waals surface area contributed by atoms with Crippen LogP contribution in [0.1, 0.15) is 100 Å². The Morgan fingerprint density at radius 3 is 2.27 bits per heavy atom. The molecule has 0 aliphatic carbocycles. The number of pyridine rings is 1. The van der Waals surface area contributed by atoms with Gasteiger partial charge in [-0.25, -0.2) is 0 Å². The fourth-order valence-electron chi connectivity index (χ4n) is 8.39. The number of aliphatic hydroxyl groups is 1. The number of esters is 2. The van der Waals surface area contributed by atoms with Crippen LogP contribution in [-0.2, 0) is 59.1 Å². The Labute approximate surface area is 439 Å². The molecule has 0 spiro atoms. The van der Waals surface area contributed by atoms with Crippen LogP contribution in [0.25, 0.3) is 21.8 Å². The van der Waals surface area contributed by atoms with E-state index in [1.807, 2.05) is 6.07 Å². The summed E-state index contributed by atoms with van der Waals surface area (Å²) in [5.74, 6) is -4.70. The van der Waals surface area contributed by atoms with E-state index in [1.165, 1.54) is 33.1 Å². The number of hydrogen-bond acceptors (Lipinski definition) is 16. The molecule has 1 aromatic heterocycles. The van der Waals surface area contributed by atoms with E-state index in [0.29, 0.717) is 34.8 Å². The monoisotopic (exact) mass is 1110 g/mol. The smallest absolute Gasteiger partial charge is 0.305 e. The van der Waals surface area contributed by atoms with Gasteiger partial charge >= 0.3 is 11.9 Å². The fraction of sp³-hybridized carbons (Fsp3) is 0.490. The number of nitrogens with two attached hydrogens (primary N) is 1. The van der Waals surface area contributed by atoms with Crippen molar-refractivity contribution in [1.82, 2.24) is 26.3 Å². The van der Waals surface area contributed by atoms with E-state index in [9.17, 15) is 53.6 Å². The second-order valence-corrected chi connectivity index (χ2v) is 18.9. The summed E-state index contributed by atoms with van der Waals surface area (Å²) in [7, 11) is 1.17. The van der Waals surface area contributed by atoms with Crippen molar-refractivity contribution in [3.63, 3.8) is 0 Å². The van der Waals surface area contributed by atoms with Crippen LogP contribution < -0.4 is 32.4 Å². The number of hydrogen-bond donors (Lipinski definition) is 7. The Kier molecular flexibility index (Phi) is 23.0. The molecule has 0 bridgehead atoms. The van der Waals surface area contributed by atoms with Gasteiger partial charge < -0.3 is 60.8 Å². The summed E-state index contributed by atoms with van der Waals surface area (Å²) in [6.45, 7) is 1.78. The summed E-state index contributed by atoms with van der Waals surface area (Å²) >= 11 is 3.35. The second kappa shape index (κ2) is 29.3. The highest BCUT2D eigenvalue weighted by Crippen LogP contribution is 2.29. The molecule has 3 aromatic carbocycles. The zero-order valence-corrected chi connectivity index (χ0v) is 43.5. The van der Waals surface area contributed by atoms with Gasteiger partial charge in [0, 0.05) is 42.2 Å². The minimum Gasteiger partial charge on any atom is -0.469 e. The summed E-state index contributed by atoms with van der Waals surface area (Å²) in [4.78, 5) is 116. The molecule has 1 aliphatic heterocycles. The van der Waals surface area contributed by atoms with E-state index < -0.39 is 108 Å². The number of unbranched alkanes of at least 4 members (excludes halogenated alkanes) is 7. The number of rotatable bonds is 29. The lowest BCUT2D eigenvalue weighted by Gasteiger charge is -2.44. The van der Waals surface area contributed by atoms with E-state index in [0.717, 1.165) is 44.1 Å². The first-order valence-corrected chi connectivity index (χ1v) is 25.4. The van der Waals surface area contributed by atoms with Gasteiger partial charge in [-0.3, -0.25) is 48.5 Å². The first-order valence-electron chi connectivity index (χ1n) is 24.6.